The Bertz CT molecular complexity index is 293. The molecule has 4 nitrogen and oxygen atoms in total. The summed E-state index contributed by atoms with van der Waals surface area (Å²) in [5.41, 5.74) is 0. The lowest BCUT2D eigenvalue weighted by atomic mass is 9.85. The molecule has 0 aliphatic heterocycles. The molecule has 0 amide bonds. The van der Waals surface area contributed by atoms with Crippen molar-refractivity contribution in [2.45, 2.75) is 52.4 Å². The van der Waals surface area contributed by atoms with Crippen LogP contribution >= 0.6 is 0 Å². The summed E-state index contributed by atoms with van der Waals surface area (Å²) in [6, 6.07) is 0. The monoisotopic (exact) mass is 226 g/mol. The summed E-state index contributed by atoms with van der Waals surface area (Å²) in [4.78, 5) is 0. The third-order valence-electron chi connectivity index (χ3n) is 2.60. The Morgan fingerprint density at radius 3 is 2.31 bits per heavy atom. The molecule has 0 spiro atoms. The topological polar surface area (TPSA) is 59.2 Å². The molecule has 1 aliphatic carbocycles. The van der Waals surface area contributed by atoms with Crippen molar-refractivity contribution in [1.82, 2.24) is 10.2 Å². The molecule has 1 aliphatic rings. The molecule has 1 saturated carbocycles. The fourth-order valence-electron chi connectivity index (χ4n) is 1.23. The fraction of sp³-hybridized carbons (Fsp3) is 0.833. The summed E-state index contributed by atoms with van der Waals surface area (Å²) in [7, 11) is 0. The molecular formula is C12H22N2O2. The Hall–Kier alpha value is -0.900. The highest BCUT2D eigenvalue weighted by Crippen LogP contribution is 2.35. The standard InChI is InChI=1S/C8H12N2O.C4H10O/c1-2-7-9-10-8(11-7)6-4-3-5-6;1-4(2)3-5/h6H,2-5H2,1H3;4-5H,3H2,1-2H3. The van der Waals surface area contributed by atoms with Gasteiger partial charge in [0.1, 0.15) is 0 Å². The molecule has 1 heterocycles. The fourth-order valence-corrected chi connectivity index (χ4v) is 1.23. The van der Waals surface area contributed by atoms with Crippen LogP contribution in [0, 0.1) is 5.92 Å². The lowest BCUT2D eigenvalue weighted by molar-refractivity contribution is 0.248. The van der Waals surface area contributed by atoms with Gasteiger partial charge in [0.25, 0.3) is 0 Å². The van der Waals surface area contributed by atoms with Crippen LogP contribution in [0.1, 0.15) is 57.7 Å². The number of hydrogen-bond donors (Lipinski definition) is 1. The summed E-state index contributed by atoms with van der Waals surface area (Å²) in [6.07, 6.45) is 4.62. The molecule has 1 aromatic rings. The van der Waals surface area contributed by atoms with Crippen LogP contribution in [-0.2, 0) is 6.42 Å². The van der Waals surface area contributed by atoms with Crippen LogP contribution in [0.2, 0.25) is 0 Å². The van der Waals surface area contributed by atoms with Gasteiger partial charge in [-0.05, 0) is 18.8 Å². The Balaban J connectivity index is 0.000000221. The van der Waals surface area contributed by atoms with E-state index in [1.54, 1.807) is 0 Å². The van der Waals surface area contributed by atoms with Crippen molar-refractivity contribution in [2.24, 2.45) is 5.92 Å². The van der Waals surface area contributed by atoms with Gasteiger partial charge in [0.15, 0.2) is 0 Å². The molecule has 0 saturated heterocycles. The van der Waals surface area contributed by atoms with Gasteiger partial charge in [0.05, 0.1) is 0 Å². The molecule has 0 radical (unpaired) electrons. The van der Waals surface area contributed by atoms with Crippen LogP contribution in [0.5, 0.6) is 0 Å². The number of aromatic nitrogens is 2. The van der Waals surface area contributed by atoms with E-state index in [1.807, 2.05) is 20.8 Å². The van der Waals surface area contributed by atoms with E-state index in [4.69, 9.17) is 9.52 Å². The molecular weight excluding hydrogens is 204 g/mol. The van der Waals surface area contributed by atoms with E-state index in [1.165, 1.54) is 19.3 Å². The number of nitrogens with zero attached hydrogens (tertiary/aromatic N) is 2. The van der Waals surface area contributed by atoms with Gasteiger partial charge >= 0.3 is 0 Å². The van der Waals surface area contributed by atoms with Crippen LogP contribution in [0.25, 0.3) is 0 Å². The van der Waals surface area contributed by atoms with Gasteiger partial charge in [-0.1, -0.05) is 27.2 Å². The van der Waals surface area contributed by atoms with Gasteiger partial charge in [0.2, 0.25) is 11.8 Å². The van der Waals surface area contributed by atoms with Crippen molar-refractivity contribution in [3.05, 3.63) is 11.8 Å². The summed E-state index contributed by atoms with van der Waals surface area (Å²) < 4.78 is 5.41. The van der Waals surface area contributed by atoms with Gasteiger partial charge in [-0.15, -0.1) is 10.2 Å². The van der Waals surface area contributed by atoms with E-state index in [0.29, 0.717) is 18.4 Å². The Morgan fingerprint density at radius 2 is 2.00 bits per heavy atom. The highest BCUT2D eigenvalue weighted by atomic mass is 16.4. The molecule has 0 aromatic carbocycles. The Morgan fingerprint density at radius 1 is 1.38 bits per heavy atom. The average Bonchev–Trinajstić information content (AvgIpc) is 2.64. The van der Waals surface area contributed by atoms with Crippen molar-refractivity contribution in [3.63, 3.8) is 0 Å². The Labute approximate surface area is 97.1 Å². The molecule has 92 valence electrons. The summed E-state index contributed by atoms with van der Waals surface area (Å²) in [5.74, 6) is 2.64. The third-order valence-corrected chi connectivity index (χ3v) is 2.60. The van der Waals surface area contributed by atoms with Crippen molar-refractivity contribution in [3.8, 4) is 0 Å². The van der Waals surface area contributed by atoms with Gasteiger partial charge in [-0.2, -0.15) is 0 Å². The second-order valence-electron chi connectivity index (χ2n) is 4.59. The zero-order chi connectivity index (χ0) is 12.0. The molecule has 0 unspecified atom stereocenters. The number of aryl methyl sites for hydroxylation is 1. The van der Waals surface area contributed by atoms with E-state index >= 15 is 0 Å². The largest absolute Gasteiger partial charge is 0.425 e. The van der Waals surface area contributed by atoms with Gasteiger partial charge in [-0.25, -0.2) is 0 Å². The van der Waals surface area contributed by atoms with Crippen LogP contribution < -0.4 is 0 Å². The minimum absolute atomic E-state index is 0.306. The maximum absolute atomic E-state index is 8.14. The normalized spacial score (nSPS) is 15.6. The highest BCUT2D eigenvalue weighted by Gasteiger charge is 2.24. The summed E-state index contributed by atoms with van der Waals surface area (Å²) >= 11 is 0. The van der Waals surface area contributed by atoms with E-state index in [0.717, 1.165) is 18.2 Å². The summed E-state index contributed by atoms with van der Waals surface area (Å²) in [6.45, 7) is 6.28. The number of rotatable bonds is 3. The van der Waals surface area contributed by atoms with Gasteiger partial charge in [0, 0.05) is 18.9 Å². The first-order valence-electron chi connectivity index (χ1n) is 6.10. The second-order valence-corrected chi connectivity index (χ2v) is 4.59. The van der Waals surface area contributed by atoms with Crippen molar-refractivity contribution in [2.75, 3.05) is 6.61 Å². The van der Waals surface area contributed by atoms with Crippen LogP contribution in [0.4, 0.5) is 0 Å². The minimum atomic E-state index is 0.306. The molecule has 0 bridgehead atoms. The third kappa shape index (κ3) is 3.93. The smallest absolute Gasteiger partial charge is 0.219 e. The maximum atomic E-state index is 8.14. The molecule has 16 heavy (non-hydrogen) atoms. The SMILES string of the molecule is CC(C)CO.CCc1nnc(C2CCC2)o1. The number of hydrogen-bond acceptors (Lipinski definition) is 4. The molecule has 4 heteroatoms. The molecule has 1 fully saturated rings. The minimum Gasteiger partial charge on any atom is -0.425 e. The molecule has 1 N–H and O–H groups in total. The zero-order valence-corrected chi connectivity index (χ0v) is 10.4. The van der Waals surface area contributed by atoms with Crippen molar-refractivity contribution < 1.29 is 9.52 Å². The van der Waals surface area contributed by atoms with Crippen molar-refractivity contribution in [1.29, 1.82) is 0 Å². The van der Waals surface area contributed by atoms with Gasteiger partial charge in [-0.3, -0.25) is 0 Å². The lowest BCUT2D eigenvalue weighted by Crippen LogP contribution is -2.08. The number of aliphatic hydroxyl groups is 1. The van der Waals surface area contributed by atoms with Crippen LogP contribution in [0.3, 0.4) is 0 Å². The van der Waals surface area contributed by atoms with E-state index < -0.39 is 0 Å². The summed E-state index contributed by atoms with van der Waals surface area (Å²) in [5, 5.41) is 16.1. The van der Waals surface area contributed by atoms with E-state index in [2.05, 4.69) is 10.2 Å². The predicted octanol–water partition coefficient (Wildman–Crippen LogP) is 2.53. The van der Waals surface area contributed by atoms with Gasteiger partial charge < -0.3 is 9.52 Å². The Kier molecular flexibility index (Phi) is 5.46. The van der Waals surface area contributed by atoms with Crippen LogP contribution in [0.15, 0.2) is 4.42 Å². The molecule has 0 atom stereocenters. The average molecular weight is 226 g/mol. The first kappa shape index (κ1) is 13.2. The highest BCUT2D eigenvalue weighted by molar-refractivity contribution is 4.95. The van der Waals surface area contributed by atoms with E-state index in [-0.39, 0.29) is 0 Å². The predicted molar refractivity (Wildman–Crippen MR) is 62.2 cm³/mol. The first-order valence-corrected chi connectivity index (χ1v) is 6.10. The quantitative estimate of drug-likeness (QED) is 0.860. The molecule has 2 rings (SSSR count). The number of aliphatic hydroxyl groups excluding tert-OH is 1. The maximum Gasteiger partial charge on any atom is 0.219 e. The zero-order valence-electron chi connectivity index (χ0n) is 10.4. The first-order chi connectivity index (χ1) is 7.67. The lowest BCUT2D eigenvalue weighted by Gasteiger charge is -2.20. The molecule has 1 aromatic heterocycles. The van der Waals surface area contributed by atoms with Crippen molar-refractivity contribution >= 4 is 0 Å². The van der Waals surface area contributed by atoms with Crippen LogP contribution in [-0.4, -0.2) is 21.9 Å². The van der Waals surface area contributed by atoms with E-state index in [9.17, 15) is 0 Å². The second kappa shape index (κ2) is 6.63.